The smallest absolute Gasteiger partial charge is 0.255 e. The Labute approximate surface area is 168 Å². The number of fused-ring (bicyclic) bond motifs is 1. The van der Waals surface area contributed by atoms with Gasteiger partial charge in [-0.05, 0) is 42.8 Å². The van der Waals surface area contributed by atoms with Crippen LogP contribution in [0.3, 0.4) is 0 Å². The predicted octanol–water partition coefficient (Wildman–Crippen LogP) is 4.83. The molecule has 1 heterocycles. The van der Waals surface area contributed by atoms with Gasteiger partial charge in [0.05, 0.1) is 6.04 Å². The van der Waals surface area contributed by atoms with Crippen molar-refractivity contribution in [2.24, 2.45) is 0 Å². The van der Waals surface area contributed by atoms with Crippen LogP contribution in [0.5, 0.6) is 0 Å². The third kappa shape index (κ3) is 3.51. The number of amides is 2. The van der Waals surface area contributed by atoms with Crippen LogP contribution in [-0.2, 0) is 4.79 Å². The van der Waals surface area contributed by atoms with Crippen molar-refractivity contribution in [2.45, 2.75) is 13.0 Å². The summed E-state index contributed by atoms with van der Waals surface area (Å²) < 4.78 is 0. The fraction of sp³-hybridized carbons (Fsp3) is 0.130. The normalized spacial score (nSPS) is 16.1. The van der Waals surface area contributed by atoms with Crippen LogP contribution in [0.1, 0.15) is 33.1 Å². The minimum Gasteiger partial charge on any atom is -0.324 e. The predicted molar refractivity (Wildman–Crippen MR) is 111 cm³/mol. The number of anilines is 1. The van der Waals surface area contributed by atoms with Crippen LogP contribution in [0.2, 0.25) is 5.02 Å². The van der Waals surface area contributed by atoms with Gasteiger partial charge in [-0.3, -0.25) is 9.59 Å². The molecule has 2 amide bonds. The van der Waals surface area contributed by atoms with Crippen molar-refractivity contribution >= 4 is 29.1 Å². The van der Waals surface area contributed by atoms with Crippen molar-refractivity contribution in [3.63, 3.8) is 0 Å². The number of nitrogens with one attached hydrogen (secondary N) is 1. The summed E-state index contributed by atoms with van der Waals surface area (Å²) in [5.41, 5.74) is 4.15. The van der Waals surface area contributed by atoms with Crippen LogP contribution in [0.4, 0.5) is 5.69 Å². The van der Waals surface area contributed by atoms with Gasteiger partial charge < -0.3 is 10.2 Å². The average Bonchev–Trinajstić information content (AvgIpc) is 2.84. The molecule has 140 valence electrons. The van der Waals surface area contributed by atoms with Gasteiger partial charge in [-0.1, -0.05) is 59.6 Å². The zero-order valence-corrected chi connectivity index (χ0v) is 16.1. The summed E-state index contributed by atoms with van der Waals surface area (Å²) in [5, 5.41) is 3.50. The molecule has 0 radical (unpaired) electrons. The zero-order valence-electron chi connectivity index (χ0n) is 15.4. The van der Waals surface area contributed by atoms with Crippen molar-refractivity contribution in [2.75, 3.05) is 11.9 Å². The molecule has 1 atom stereocenters. The molecule has 4 rings (SSSR count). The summed E-state index contributed by atoms with van der Waals surface area (Å²) in [6, 6.07) is 22.0. The summed E-state index contributed by atoms with van der Waals surface area (Å²) in [6.45, 7) is 1.97. The highest BCUT2D eigenvalue weighted by Gasteiger charge is 2.33. The molecule has 0 fully saturated rings. The van der Waals surface area contributed by atoms with Gasteiger partial charge in [0.25, 0.3) is 5.91 Å². The van der Waals surface area contributed by atoms with Gasteiger partial charge in [-0.2, -0.15) is 0 Å². The third-order valence-corrected chi connectivity index (χ3v) is 5.12. The molecular formula is C23H19ClN2O2. The Kier molecular flexibility index (Phi) is 4.88. The fourth-order valence-corrected chi connectivity index (χ4v) is 3.69. The lowest BCUT2D eigenvalue weighted by molar-refractivity contribution is -0.117. The molecule has 0 saturated heterocycles. The zero-order chi connectivity index (χ0) is 19.7. The van der Waals surface area contributed by atoms with Gasteiger partial charge >= 0.3 is 0 Å². The first-order chi connectivity index (χ1) is 13.5. The fourth-order valence-electron chi connectivity index (χ4n) is 3.57. The van der Waals surface area contributed by atoms with Gasteiger partial charge in [0, 0.05) is 21.8 Å². The van der Waals surface area contributed by atoms with Crippen molar-refractivity contribution in [1.29, 1.82) is 0 Å². The highest BCUT2D eigenvalue weighted by Crippen LogP contribution is 2.37. The molecular weight excluding hydrogens is 372 g/mol. The molecule has 0 aromatic heterocycles. The number of hydrogen-bond acceptors (Lipinski definition) is 2. The second kappa shape index (κ2) is 7.49. The van der Waals surface area contributed by atoms with Crippen molar-refractivity contribution in [3.8, 4) is 0 Å². The number of halogens is 1. The average molecular weight is 391 g/mol. The lowest BCUT2D eigenvalue weighted by Crippen LogP contribution is -2.39. The van der Waals surface area contributed by atoms with E-state index in [1.54, 1.807) is 29.2 Å². The van der Waals surface area contributed by atoms with Crippen LogP contribution >= 0.6 is 11.6 Å². The van der Waals surface area contributed by atoms with Crippen molar-refractivity contribution in [1.82, 2.24) is 4.90 Å². The van der Waals surface area contributed by atoms with E-state index in [2.05, 4.69) is 5.32 Å². The Bertz CT molecular complexity index is 1030. The van der Waals surface area contributed by atoms with Gasteiger partial charge in [0.2, 0.25) is 5.91 Å². The molecule has 4 nitrogen and oxygen atoms in total. The summed E-state index contributed by atoms with van der Waals surface area (Å²) in [4.78, 5) is 27.6. The summed E-state index contributed by atoms with van der Waals surface area (Å²) >= 11 is 5.97. The van der Waals surface area contributed by atoms with Crippen LogP contribution in [0.25, 0.3) is 0 Å². The SMILES string of the molecule is Cc1ccc2c(c1)C(c1ccccc1)N(C(=O)c1ccc(Cl)cc1)CC(=O)N2. The van der Waals surface area contributed by atoms with E-state index in [4.69, 9.17) is 11.6 Å². The topological polar surface area (TPSA) is 49.4 Å². The molecule has 0 bridgehead atoms. The van der Waals surface area contributed by atoms with E-state index in [0.717, 1.165) is 22.4 Å². The van der Waals surface area contributed by atoms with E-state index < -0.39 is 0 Å². The Balaban J connectivity index is 1.88. The third-order valence-electron chi connectivity index (χ3n) is 4.87. The van der Waals surface area contributed by atoms with Gasteiger partial charge in [-0.15, -0.1) is 0 Å². The lowest BCUT2D eigenvalue weighted by atomic mass is 9.94. The lowest BCUT2D eigenvalue weighted by Gasteiger charge is -2.31. The maximum absolute atomic E-state index is 13.4. The Hall–Kier alpha value is -3.11. The molecule has 3 aromatic rings. The minimum absolute atomic E-state index is 0.0330. The van der Waals surface area contributed by atoms with Crippen molar-refractivity contribution in [3.05, 3.63) is 100 Å². The van der Waals surface area contributed by atoms with Gasteiger partial charge in [-0.25, -0.2) is 0 Å². The number of rotatable bonds is 2. The number of nitrogens with zero attached hydrogens (tertiary/aromatic N) is 1. The Morgan fingerprint density at radius 2 is 1.75 bits per heavy atom. The van der Waals surface area contributed by atoms with Crippen LogP contribution in [0.15, 0.2) is 72.8 Å². The quantitative estimate of drug-likeness (QED) is 0.681. The second-order valence-corrected chi connectivity index (χ2v) is 7.33. The standard InChI is InChI=1S/C23H19ClN2O2/c1-15-7-12-20-19(13-15)22(16-5-3-2-4-6-16)26(14-21(27)25-20)23(28)17-8-10-18(24)11-9-17/h2-13,22H,14H2,1H3,(H,25,27). The molecule has 5 heteroatoms. The van der Waals surface area contributed by atoms with Crippen molar-refractivity contribution < 1.29 is 9.59 Å². The van der Waals surface area contributed by atoms with Crippen LogP contribution in [-0.4, -0.2) is 23.3 Å². The molecule has 1 aliphatic heterocycles. The van der Waals surface area contributed by atoms with E-state index in [1.807, 2.05) is 55.5 Å². The number of carbonyl (C=O) groups excluding carboxylic acids is 2. The van der Waals surface area contributed by atoms with E-state index >= 15 is 0 Å². The summed E-state index contributed by atoms with van der Waals surface area (Å²) in [6.07, 6.45) is 0. The first-order valence-electron chi connectivity index (χ1n) is 9.05. The molecule has 1 N–H and O–H groups in total. The van der Waals surface area contributed by atoms with E-state index in [9.17, 15) is 9.59 Å². The molecule has 0 spiro atoms. The maximum atomic E-state index is 13.4. The largest absolute Gasteiger partial charge is 0.324 e. The highest BCUT2D eigenvalue weighted by molar-refractivity contribution is 6.30. The molecule has 1 unspecified atom stereocenters. The summed E-state index contributed by atoms with van der Waals surface area (Å²) in [7, 11) is 0. The number of benzene rings is 3. The first kappa shape index (κ1) is 18.3. The maximum Gasteiger partial charge on any atom is 0.255 e. The first-order valence-corrected chi connectivity index (χ1v) is 9.42. The van der Waals surface area contributed by atoms with Gasteiger partial charge in [0.1, 0.15) is 6.54 Å². The second-order valence-electron chi connectivity index (χ2n) is 6.89. The summed E-state index contributed by atoms with van der Waals surface area (Å²) in [5.74, 6) is -0.430. The number of carbonyl (C=O) groups is 2. The van der Waals surface area contributed by atoms with Crippen LogP contribution in [0, 0.1) is 6.92 Å². The Morgan fingerprint density at radius 3 is 2.46 bits per heavy atom. The van der Waals surface area contributed by atoms with E-state index in [0.29, 0.717) is 10.6 Å². The Morgan fingerprint density at radius 1 is 1.04 bits per heavy atom. The monoisotopic (exact) mass is 390 g/mol. The number of hydrogen-bond donors (Lipinski definition) is 1. The molecule has 0 saturated carbocycles. The van der Waals surface area contributed by atoms with E-state index in [1.165, 1.54) is 0 Å². The highest BCUT2D eigenvalue weighted by atomic mass is 35.5. The van der Waals surface area contributed by atoms with Crippen LogP contribution < -0.4 is 5.32 Å². The molecule has 3 aromatic carbocycles. The van der Waals surface area contributed by atoms with E-state index in [-0.39, 0.29) is 24.4 Å². The van der Waals surface area contributed by atoms with Gasteiger partial charge in [0.15, 0.2) is 0 Å². The minimum atomic E-state index is -0.377. The molecule has 28 heavy (non-hydrogen) atoms. The number of aryl methyl sites for hydroxylation is 1. The molecule has 1 aliphatic rings. The molecule has 0 aliphatic carbocycles.